The van der Waals surface area contributed by atoms with Gasteiger partial charge in [-0.25, -0.2) is 0 Å². The molecule has 1 atom stereocenters. The molecule has 1 aromatic carbocycles. The number of hydrogen-bond acceptors (Lipinski definition) is 2. The third-order valence-electron chi connectivity index (χ3n) is 3.66. The highest BCUT2D eigenvalue weighted by atomic mass is 35.5. The maximum Gasteiger partial charge on any atom is 0.254 e. The van der Waals surface area contributed by atoms with Gasteiger partial charge < -0.3 is 10.6 Å². The zero-order chi connectivity index (χ0) is 13.1. The Morgan fingerprint density at radius 2 is 2.28 bits per heavy atom. The lowest BCUT2D eigenvalue weighted by atomic mass is 9.99. The third kappa shape index (κ3) is 2.52. The lowest BCUT2D eigenvalue weighted by molar-refractivity contribution is 0.0622. The Morgan fingerprint density at radius 1 is 1.50 bits per heavy atom. The number of nitrogens with two attached hydrogens (primary N) is 1. The van der Waals surface area contributed by atoms with E-state index >= 15 is 0 Å². The summed E-state index contributed by atoms with van der Waals surface area (Å²) < 4.78 is 0. The number of carbonyl (C=O) groups excluding carboxylic acids is 1. The van der Waals surface area contributed by atoms with Crippen molar-refractivity contribution in [2.45, 2.75) is 32.2 Å². The highest BCUT2D eigenvalue weighted by Gasteiger charge is 2.27. The molecule has 0 aromatic heterocycles. The molecule has 2 N–H and O–H groups in total. The summed E-state index contributed by atoms with van der Waals surface area (Å²) >= 11 is 6.07. The van der Waals surface area contributed by atoms with Crippen LogP contribution in [-0.2, 0) is 0 Å². The first-order chi connectivity index (χ1) is 8.65. The van der Waals surface area contributed by atoms with E-state index in [0.717, 1.165) is 31.4 Å². The summed E-state index contributed by atoms with van der Waals surface area (Å²) in [6, 6.07) is 5.64. The van der Waals surface area contributed by atoms with Crippen molar-refractivity contribution in [1.82, 2.24) is 4.90 Å². The fourth-order valence-corrected chi connectivity index (χ4v) is 2.68. The third-order valence-corrected chi connectivity index (χ3v) is 4.07. The van der Waals surface area contributed by atoms with Crippen molar-refractivity contribution in [1.29, 1.82) is 0 Å². The molecule has 1 heterocycles. The molecular weight excluding hydrogens is 248 g/mol. The molecule has 0 spiro atoms. The highest BCUT2D eigenvalue weighted by Crippen LogP contribution is 2.23. The van der Waals surface area contributed by atoms with Gasteiger partial charge in [0.2, 0.25) is 0 Å². The molecule has 1 amide bonds. The molecule has 1 unspecified atom stereocenters. The molecule has 0 aliphatic carbocycles. The van der Waals surface area contributed by atoms with Gasteiger partial charge in [-0.05, 0) is 43.9 Å². The van der Waals surface area contributed by atoms with E-state index in [2.05, 4.69) is 0 Å². The normalized spacial score (nSPS) is 19.9. The van der Waals surface area contributed by atoms with Gasteiger partial charge in [0.15, 0.2) is 0 Å². The Kier molecular flexibility index (Phi) is 4.25. The minimum Gasteiger partial charge on any atom is -0.334 e. The standard InChI is InChI=1S/C14H19ClN2O/c1-10-12(6-4-7-13(10)15)14(18)17-8-3-2-5-11(17)9-16/h4,6-7,11H,2-3,5,8-9,16H2,1H3. The number of halogens is 1. The lowest BCUT2D eigenvalue weighted by Crippen LogP contribution is -2.47. The summed E-state index contributed by atoms with van der Waals surface area (Å²) in [7, 11) is 0. The summed E-state index contributed by atoms with van der Waals surface area (Å²) in [6.45, 7) is 3.22. The van der Waals surface area contributed by atoms with Crippen LogP contribution in [0.1, 0.15) is 35.2 Å². The summed E-state index contributed by atoms with van der Waals surface area (Å²) in [5, 5.41) is 0.641. The second-order valence-corrected chi connectivity index (χ2v) is 5.20. The number of piperidine rings is 1. The number of likely N-dealkylation sites (tertiary alicyclic amines) is 1. The van der Waals surface area contributed by atoms with Crippen LogP contribution in [0, 0.1) is 6.92 Å². The van der Waals surface area contributed by atoms with Crippen molar-refractivity contribution in [3.8, 4) is 0 Å². The highest BCUT2D eigenvalue weighted by molar-refractivity contribution is 6.31. The van der Waals surface area contributed by atoms with Crippen LogP contribution in [0.25, 0.3) is 0 Å². The number of amides is 1. The van der Waals surface area contributed by atoms with Crippen LogP contribution in [0.3, 0.4) is 0 Å². The van der Waals surface area contributed by atoms with Crippen molar-refractivity contribution >= 4 is 17.5 Å². The zero-order valence-corrected chi connectivity index (χ0v) is 11.4. The van der Waals surface area contributed by atoms with E-state index in [9.17, 15) is 4.79 Å². The molecule has 0 saturated carbocycles. The van der Waals surface area contributed by atoms with Gasteiger partial charge in [0.25, 0.3) is 5.91 Å². The van der Waals surface area contributed by atoms with Crippen molar-refractivity contribution in [3.05, 3.63) is 34.3 Å². The molecule has 98 valence electrons. The first-order valence-electron chi connectivity index (χ1n) is 6.41. The molecule has 1 aliphatic heterocycles. The van der Waals surface area contributed by atoms with E-state index in [0.29, 0.717) is 17.1 Å². The SMILES string of the molecule is Cc1c(Cl)cccc1C(=O)N1CCCCC1CN. The molecular formula is C14H19ClN2O. The van der Waals surface area contributed by atoms with E-state index in [-0.39, 0.29) is 11.9 Å². The minimum atomic E-state index is 0.0603. The van der Waals surface area contributed by atoms with Crippen molar-refractivity contribution in [3.63, 3.8) is 0 Å². The maximum absolute atomic E-state index is 12.6. The van der Waals surface area contributed by atoms with Crippen LogP contribution in [0.15, 0.2) is 18.2 Å². The van der Waals surface area contributed by atoms with Crippen LogP contribution in [-0.4, -0.2) is 29.9 Å². The molecule has 4 heteroatoms. The predicted octanol–water partition coefficient (Wildman–Crippen LogP) is 2.60. The fourth-order valence-electron chi connectivity index (χ4n) is 2.51. The summed E-state index contributed by atoms with van der Waals surface area (Å²) in [5.74, 6) is 0.0603. The number of hydrogen-bond donors (Lipinski definition) is 1. The first-order valence-corrected chi connectivity index (χ1v) is 6.79. The van der Waals surface area contributed by atoms with E-state index in [1.807, 2.05) is 30.0 Å². The number of nitrogens with zero attached hydrogens (tertiary/aromatic N) is 1. The van der Waals surface area contributed by atoms with E-state index in [1.54, 1.807) is 0 Å². The van der Waals surface area contributed by atoms with Crippen LogP contribution in [0.5, 0.6) is 0 Å². The summed E-state index contributed by atoms with van der Waals surface area (Å²) in [4.78, 5) is 14.5. The van der Waals surface area contributed by atoms with Gasteiger partial charge in [0.1, 0.15) is 0 Å². The Labute approximate surface area is 113 Å². The molecule has 3 nitrogen and oxygen atoms in total. The van der Waals surface area contributed by atoms with E-state index < -0.39 is 0 Å². The smallest absolute Gasteiger partial charge is 0.254 e. The van der Waals surface area contributed by atoms with E-state index in [4.69, 9.17) is 17.3 Å². The van der Waals surface area contributed by atoms with Crippen LogP contribution in [0.4, 0.5) is 0 Å². The molecule has 1 fully saturated rings. The maximum atomic E-state index is 12.6. The van der Waals surface area contributed by atoms with Crippen LogP contribution in [0.2, 0.25) is 5.02 Å². The molecule has 1 aliphatic rings. The Morgan fingerprint density at radius 3 is 3.00 bits per heavy atom. The molecule has 1 saturated heterocycles. The van der Waals surface area contributed by atoms with Crippen LogP contribution < -0.4 is 5.73 Å². The van der Waals surface area contributed by atoms with Gasteiger partial charge >= 0.3 is 0 Å². The number of carbonyl (C=O) groups is 1. The number of rotatable bonds is 2. The lowest BCUT2D eigenvalue weighted by Gasteiger charge is -2.35. The summed E-state index contributed by atoms with van der Waals surface area (Å²) in [6.07, 6.45) is 3.21. The van der Waals surface area contributed by atoms with E-state index in [1.165, 1.54) is 0 Å². The van der Waals surface area contributed by atoms with Gasteiger partial charge in [-0.15, -0.1) is 0 Å². The Hall–Kier alpha value is -1.06. The van der Waals surface area contributed by atoms with Gasteiger partial charge in [0, 0.05) is 29.7 Å². The van der Waals surface area contributed by atoms with Gasteiger partial charge in [-0.1, -0.05) is 17.7 Å². The van der Waals surface area contributed by atoms with Crippen molar-refractivity contribution < 1.29 is 4.79 Å². The summed E-state index contributed by atoms with van der Waals surface area (Å²) in [5.41, 5.74) is 7.31. The Bertz CT molecular complexity index is 447. The van der Waals surface area contributed by atoms with Gasteiger partial charge in [-0.2, -0.15) is 0 Å². The molecule has 0 radical (unpaired) electrons. The topological polar surface area (TPSA) is 46.3 Å². The zero-order valence-electron chi connectivity index (χ0n) is 10.7. The second kappa shape index (κ2) is 5.72. The predicted molar refractivity (Wildman–Crippen MR) is 73.9 cm³/mol. The average Bonchev–Trinajstić information content (AvgIpc) is 2.41. The largest absolute Gasteiger partial charge is 0.334 e. The molecule has 1 aromatic rings. The molecule has 18 heavy (non-hydrogen) atoms. The minimum absolute atomic E-state index is 0.0603. The number of benzene rings is 1. The van der Waals surface area contributed by atoms with Crippen molar-refractivity contribution in [2.24, 2.45) is 5.73 Å². The molecule has 2 rings (SSSR count). The van der Waals surface area contributed by atoms with Crippen LogP contribution >= 0.6 is 11.6 Å². The monoisotopic (exact) mass is 266 g/mol. The van der Waals surface area contributed by atoms with Gasteiger partial charge in [-0.3, -0.25) is 4.79 Å². The van der Waals surface area contributed by atoms with Gasteiger partial charge in [0.05, 0.1) is 0 Å². The van der Waals surface area contributed by atoms with Crippen molar-refractivity contribution in [2.75, 3.05) is 13.1 Å². The first kappa shape index (κ1) is 13.4. The second-order valence-electron chi connectivity index (χ2n) is 4.80. The quantitative estimate of drug-likeness (QED) is 0.894. The molecule has 0 bridgehead atoms. The average molecular weight is 267 g/mol. The Balaban J connectivity index is 2.27. The fraction of sp³-hybridized carbons (Fsp3) is 0.500.